The molecule has 0 aliphatic heterocycles. The Morgan fingerprint density at radius 2 is 2.33 bits per heavy atom. The summed E-state index contributed by atoms with van der Waals surface area (Å²) >= 11 is 0. The molecule has 2 heteroatoms. The van der Waals surface area contributed by atoms with Gasteiger partial charge in [0.05, 0.1) is 0 Å². The second-order valence-corrected chi connectivity index (χ2v) is 3.02. The van der Waals surface area contributed by atoms with E-state index in [0.717, 1.165) is 0 Å². The number of rotatable bonds is 1. The molecule has 0 aromatic rings. The molecule has 0 atom stereocenters. The van der Waals surface area contributed by atoms with Gasteiger partial charge in [-0.25, -0.2) is 0 Å². The third kappa shape index (κ3) is 2.85. The van der Waals surface area contributed by atoms with Crippen molar-refractivity contribution in [1.29, 1.82) is 0 Å². The third-order valence-electron chi connectivity index (χ3n) is 1.57. The first-order valence-corrected chi connectivity index (χ1v) is 4.60. The van der Waals surface area contributed by atoms with Crippen LogP contribution < -0.4 is 0 Å². The molecule has 0 amide bonds. The van der Waals surface area contributed by atoms with Crippen molar-refractivity contribution < 1.29 is 0 Å². The first-order chi connectivity index (χ1) is 3.83. The second-order valence-electron chi connectivity index (χ2n) is 2.31. The molecule has 0 spiro atoms. The molecular weight excluding hydrogens is 135 g/mol. The fraction of sp³-hybridized carbons (Fsp3) is 0.429. The van der Waals surface area contributed by atoms with Gasteiger partial charge in [0, 0.05) is 10.2 Å². The van der Waals surface area contributed by atoms with Crippen molar-refractivity contribution in [2.45, 2.75) is 19.4 Å². The van der Waals surface area contributed by atoms with Crippen LogP contribution in [-0.2, 0) is 0 Å². The third-order valence-corrected chi connectivity index (χ3v) is 2.48. The van der Waals surface area contributed by atoms with Crippen molar-refractivity contribution in [2.24, 2.45) is 0 Å². The normalized spacial score (nSPS) is 16.6. The summed E-state index contributed by atoms with van der Waals surface area (Å²) < 4.78 is 0. The summed E-state index contributed by atoms with van der Waals surface area (Å²) in [5.41, 5.74) is 3.09. The Kier molecular flexibility index (Phi) is 4.85. The van der Waals surface area contributed by atoms with Crippen molar-refractivity contribution in [2.75, 3.05) is 0 Å². The average molecular weight is 148 g/mol. The van der Waals surface area contributed by atoms with Crippen LogP contribution in [0.3, 0.4) is 0 Å². The van der Waals surface area contributed by atoms with Crippen molar-refractivity contribution in [1.82, 2.24) is 0 Å². The summed E-state index contributed by atoms with van der Waals surface area (Å²) in [6.45, 7) is 2.17. The van der Waals surface area contributed by atoms with E-state index in [9.17, 15) is 0 Å². The van der Waals surface area contributed by atoms with E-state index in [0.29, 0.717) is 0 Å². The molecule has 1 aliphatic rings. The Hall–Kier alpha value is 0.697. The first-order valence-electron chi connectivity index (χ1n) is 3.19. The Morgan fingerprint density at radius 1 is 1.67 bits per heavy atom. The number of hydrogen-bond acceptors (Lipinski definition) is 0. The predicted molar refractivity (Wildman–Crippen MR) is 48.4 cm³/mol. The summed E-state index contributed by atoms with van der Waals surface area (Å²) in [4.78, 5) is 0. The van der Waals surface area contributed by atoms with Gasteiger partial charge in [-0.2, -0.15) is 0 Å². The van der Waals surface area contributed by atoms with Crippen LogP contribution in [0.15, 0.2) is 23.3 Å². The van der Waals surface area contributed by atoms with Gasteiger partial charge >= 0.3 is 29.6 Å². The predicted octanol–water partition coefficient (Wildman–Crippen LogP) is 0.398. The zero-order chi connectivity index (χ0) is 5.98. The van der Waals surface area contributed by atoms with Crippen molar-refractivity contribution in [3.63, 3.8) is 0 Å². The zero-order valence-electron chi connectivity index (χ0n) is 5.57. The van der Waals surface area contributed by atoms with Crippen LogP contribution >= 0.6 is 0 Å². The first kappa shape index (κ1) is 9.70. The topological polar surface area (TPSA) is 0 Å². The molecule has 46 valence electrons. The molecule has 0 saturated carbocycles. The van der Waals surface area contributed by atoms with E-state index < -0.39 is 0 Å². The van der Waals surface area contributed by atoms with Crippen molar-refractivity contribution >= 4 is 39.8 Å². The fourth-order valence-electron chi connectivity index (χ4n) is 0.978. The molecule has 0 aromatic heterocycles. The van der Waals surface area contributed by atoms with Crippen LogP contribution in [0, 0.1) is 0 Å². The SMILES string of the molecule is CC1=CCC(C[SiH3])=C1.[NaH]. The molecule has 0 aromatic carbocycles. The van der Waals surface area contributed by atoms with Gasteiger partial charge in [0.1, 0.15) is 0 Å². The Balaban J connectivity index is 0.000000640. The summed E-state index contributed by atoms with van der Waals surface area (Å²) in [6.07, 6.45) is 5.84. The van der Waals surface area contributed by atoms with E-state index in [-0.39, 0.29) is 29.6 Å². The maximum atomic E-state index is 2.31. The van der Waals surface area contributed by atoms with Crippen LogP contribution in [-0.4, -0.2) is 39.8 Å². The van der Waals surface area contributed by atoms with Gasteiger partial charge in [0.15, 0.2) is 0 Å². The van der Waals surface area contributed by atoms with Crippen LogP contribution in [0.4, 0.5) is 0 Å². The number of hydrogen-bond donors (Lipinski definition) is 0. The minimum atomic E-state index is 0. The molecule has 9 heavy (non-hydrogen) atoms. The fourth-order valence-corrected chi connectivity index (χ4v) is 1.47. The van der Waals surface area contributed by atoms with Gasteiger partial charge < -0.3 is 0 Å². The molecule has 0 unspecified atom stereocenters. The van der Waals surface area contributed by atoms with E-state index in [1.54, 1.807) is 5.57 Å². The minimum absolute atomic E-state index is 0. The number of allylic oxidation sites excluding steroid dienone is 4. The summed E-state index contributed by atoms with van der Waals surface area (Å²) in [6, 6.07) is 1.36. The average Bonchev–Trinajstić information content (AvgIpc) is 2.14. The maximum absolute atomic E-state index is 2.31. The molecule has 0 radical (unpaired) electrons. The molecule has 0 N–H and O–H groups in total. The molecular formula is C7H13NaSi. The molecule has 0 bridgehead atoms. The van der Waals surface area contributed by atoms with Crippen LogP contribution in [0.2, 0.25) is 6.04 Å². The summed E-state index contributed by atoms with van der Waals surface area (Å²) in [5.74, 6) is 0. The molecule has 1 aliphatic carbocycles. The Morgan fingerprint density at radius 3 is 2.56 bits per heavy atom. The standard InChI is InChI=1S/C7H12Si.Na.H/c1-6-2-3-7(4-6)5-8;;/h2,4H,3,5H2,1,8H3;;. The van der Waals surface area contributed by atoms with Gasteiger partial charge in [0.2, 0.25) is 0 Å². The molecule has 0 saturated heterocycles. The van der Waals surface area contributed by atoms with Gasteiger partial charge in [0.25, 0.3) is 0 Å². The van der Waals surface area contributed by atoms with Crippen LogP contribution in [0.5, 0.6) is 0 Å². The monoisotopic (exact) mass is 148 g/mol. The summed E-state index contributed by atoms with van der Waals surface area (Å²) in [7, 11) is 1.32. The van der Waals surface area contributed by atoms with Crippen molar-refractivity contribution in [3.8, 4) is 0 Å². The quantitative estimate of drug-likeness (QED) is 0.472. The van der Waals surface area contributed by atoms with Gasteiger partial charge in [-0.15, -0.1) is 0 Å². The molecule has 1 rings (SSSR count). The van der Waals surface area contributed by atoms with E-state index in [1.807, 2.05) is 0 Å². The molecule has 0 fully saturated rings. The van der Waals surface area contributed by atoms with E-state index in [1.165, 1.54) is 28.3 Å². The Labute approximate surface area is 82.1 Å². The zero-order valence-corrected chi connectivity index (χ0v) is 7.57. The van der Waals surface area contributed by atoms with Gasteiger partial charge in [-0.1, -0.05) is 23.3 Å². The van der Waals surface area contributed by atoms with Gasteiger partial charge in [-0.3, -0.25) is 0 Å². The Bertz CT molecular complexity index is 147. The van der Waals surface area contributed by atoms with Crippen LogP contribution in [0.25, 0.3) is 0 Å². The molecule has 0 heterocycles. The summed E-state index contributed by atoms with van der Waals surface area (Å²) in [5, 5.41) is 0. The van der Waals surface area contributed by atoms with E-state index >= 15 is 0 Å². The van der Waals surface area contributed by atoms with E-state index in [2.05, 4.69) is 19.1 Å². The van der Waals surface area contributed by atoms with Gasteiger partial charge in [-0.05, 0) is 19.4 Å². The van der Waals surface area contributed by atoms with Crippen molar-refractivity contribution in [3.05, 3.63) is 23.3 Å². The van der Waals surface area contributed by atoms with E-state index in [4.69, 9.17) is 0 Å². The second kappa shape index (κ2) is 4.50. The molecule has 0 nitrogen and oxygen atoms in total. The van der Waals surface area contributed by atoms with Crippen LogP contribution in [0.1, 0.15) is 13.3 Å².